The summed E-state index contributed by atoms with van der Waals surface area (Å²) in [5.74, 6) is 0.677. The minimum Gasteiger partial charge on any atom is -0.497 e. The second kappa shape index (κ2) is 8.68. The first-order chi connectivity index (χ1) is 10.2. The van der Waals surface area contributed by atoms with Crippen LogP contribution in [0.2, 0.25) is 0 Å². The Morgan fingerprint density at radius 3 is 2.48 bits per heavy atom. The van der Waals surface area contributed by atoms with Crippen LogP contribution in [0.15, 0.2) is 24.4 Å². The molecule has 0 saturated carbocycles. The Kier molecular flexibility index (Phi) is 7.54. The van der Waals surface area contributed by atoms with Crippen molar-refractivity contribution in [3.05, 3.63) is 30.0 Å². The molecule has 2 N–H and O–H groups in total. The molecular formula is C15H21Cl2F2N3O. The number of piperazine rings is 1. The highest BCUT2D eigenvalue weighted by Crippen LogP contribution is 2.34. The fourth-order valence-corrected chi connectivity index (χ4v) is 2.95. The summed E-state index contributed by atoms with van der Waals surface area (Å²) in [7, 11) is 1.58. The van der Waals surface area contributed by atoms with Crippen molar-refractivity contribution in [1.29, 1.82) is 0 Å². The molecule has 8 heteroatoms. The number of hydrogen-bond acceptors (Lipinski definition) is 3. The first-order valence-corrected chi connectivity index (χ1v) is 7.08. The number of benzene rings is 1. The maximum absolute atomic E-state index is 13.7. The van der Waals surface area contributed by atoms with E-state index in [1.165, 1.54) is 0 Å². The smallest absolute Gasteiger partial charge is 0.258 e. The molecule has 1 aliphatic rings. The van der Waals surface area contributed by atoms with E-state index in [2.05, 4.69) is 10.3 Å². The Balaban J connectivity index is 0.00000132. The number of aromatic amines is 1. The summed E-state index contributed by atoms with van der Waals surface area (Å²) in [5, 5.41) is 4.00. The average molecular weight is 368 g/mol. The van der Waals surface area contributed by atoms with Crippen LogP contribution in [0.25, 0.3) is 10.9 Å². The average Bonchev–Trinajstić information content (AvgIpc) is 2.91. The Morgan fingerprint density at radius 1 is 1.17 bits per heavy atom. The maximum atomic E-state index is 13.7. The van der Waals surface area contributed by atoms with Crippen molar-refractivity contribution < 1.29 is 13.5 Å². The number of aromatic nitrogens is 1. The van der Waals surface area contributed by atoms with Gasteiger partial charge in [0, 0.05) is 48.8 Å². The number of nitrogens with one attached hydrogen (secondary N) is 2. The van der Waals surface area contributed by atoms with Gasteiger partial charge in [0.15, 0.2) is 0 Å². The number of rotatable bonds is 4. The lowest BCUT2D eigenvalue weighted by Crippen LogP contribution is -2.46. The molecule has 130 valence electrons. The zero-order valence-electron chi connectivity index (χ0n) is 12.7. The van der Waals surface area contributed by atoms with Gasteiger partial charge in [-0.3, -0.25) is 4.90 Å². The van der Waals surface area contributed by atoms with Gasteiger partial charge in [0.1, 0.15) is 5.75 Å². The van der Waals surface area contributed by atoms with Crippen molar-refractivity contribution in [3.63, 3.8) is 0 Å². The molecule has 0 unspecified atom stereocenters. The zero-order valence-corrected chi connectivity index (χ0v) is 14.4. The highest BCUT2D eigenvalue weighted by Gasteiger charge is 2.32. The lowest BCUT2D eigenvalue weighted by molar-refractivity contribution is 0.0189. The van der Waals surface area contributed by atoms with Crippen molar-refractivity contribution in [1.82, 2.24) is 15.2 Å². The Hall–Kier alpha value is -1.08. The van der Waals surface area contributed by atoms with E-state index in [0.717, 1.165) is 24.0 Å². The largest absolute Gasteiger partial charge is 0.497 e. The third-order valence-electron chi connectivity index (χ3n) is 4.02. The molecule has 0 bridgehead atoms. The molecular weight excluding hydrogens is 347 g/mol. The van der Waals surface area contributed by atoms with E-state index in [1.807, 2.05) is 23.1 Å². The molecule has 0 radical (unpaired) electrons. The van der Waals surface area contributed by atoms with Crippen LogP contribution in [0.5, 0.6) is 5.75 Å². The standard InChI is InChI=1S/C15H19F2N3O.2ClH/c1-21-10-2-3-13-11(8-10)12(9-19-13)14(15(16)17)20-6-4-18-5-7-20;;/h2-3,8-9,14-15,18-19H,4-7H2,1H3;2*1H/t14-;;/m0../s1. The molecule has 23 heavy (non-hydrogen) atoms. The normalized spacial score (nSPS) is 16.7. The van der Waals surface area contributed by atoms with E-state index in [-0.39, 0.29) is 24.8 Å². The Morgan fingerprint density at radius 2 is 1.87 bits per heavy atom. The highest BCUT2D eigenvalue weighted by molar-refractivity contribution is 5.86. The second-order valence-corrected chi connectivity index (χ2v) is 5.22. The number of nitrogens with zero attached hydrogens (tertiary/aromatic N) is 1. The minimum atomic E-state index is -2.42. The quantitative estimate of drug-likeness (QED) is 0.871. The number of hydrogen-bond donors (Lipinski definition) is 2. The van der Waals surface area contributed by atoms with Gasteiger partial charge in [0.05, 0.1) is 13.2 Å². The van der Waals surface area contributed by atoms with E-state index in [4.69, 9.17) is 4.74 Å². The van der Waals surface area contributed by atoms with Crippen LogP contribution in [0.4, 0.5) is 8.78 Å². The number of fused-ring (bicyclic) bond motifs is 1. The molecule has 1 aliphatic heterocycles. The van der Waals surface area contributed by atoms with Crippen LogP contribution in [-0.2, 0) is 0 Å². The van der Waals surface area contributed by atoms with Crippen molar-refractivity contribution in [2.75, 3.05) is 33.3 Å². The summed E-state index contributed by atoms with van der Waals surface area (Å²) in [6.07, 6.45) is -0.725. The fourth-order valence-electron chi connectivity index (χ4n) is 2.95. The van der Waals surface area contributed by atoms with E-state index >= 15 is 0 Å². The SMILES string of the molecule is COc1ccc2[nH]cc([C@@H](C(F)F)N3CCNCC3)c2c1.Cl.Cl. The van der Waals surface area contributed by atoms with Gasteiger partial charge >= 0.3 is 0 Å². The molecule has 0 aliphatic carbocycles. The van der Waals surface area contributed by atoms with Crippen LogP contribution < -0.4 is 10.1 Å². The first kappa shape index (κ1) is 20.0. The van der Waals surface area contributed by atoms with Crippen molar-refractivity contribution >= 4 is 35.7 Å². The van der Waals surface area contributed by atoms with E-state index < -0.39 is 12.5 Å². The lowest BCUT2D eigenvalue weighted by Gasteiger charge is -2.34. The number of alkyl halides is 2. The number of methoxy groups -OCH3 is 1. The molecule has 4 nitrogen and oxygen atoms in total. The third kappa shape index (κ3) is 4.07. The maximum Gasteiger partial charge on any atom is 0.258 e. The first-order valence-electron chi connectivity index (χ1n) is 7.08. The molecule has 1 aromatic carbocycles. The van der Waals surface area contributed by atoms with E-state index in [0.29, 0.717) is 24.4 Å². The van der Waals surface area contributed by atoms with Crippen LogP contribution in [0.3, 0.4) is 0 Å². The molecule has 2 heterocycles. The van der Waals surface area contributed by atoms with Crippen LogP contribution in [-0.4, -0.2) is 49.6 Å². The summed E-state index contributed by atoms with van der Waals surface area (Å²) in [5.41, 5.74) is 1.49. The monoisotopic (exact) mass is 367 g/mol. The van der Waals surface area contributed by atoms with Gasteiger partial charge in [0.25, 0.3) is 6.43 Å². The Bertz CT molecular complexity index is 618. The summed E-state index contributed by atoms with van der Waals surface area (Å²) in [6, 6.07) is 4.62. The molecule has 0 spiro atoms. The zero-order chi connectivity index (χ0) is 14.8. The predicted molar refractivity (Wildman–Crippen MR) is 92.5 cm³/mol. The summed E-state index contributed by atoms with van der Waals surface area (Å²) < 4.78 is 32.5. The van der Waals surface area contributed by atoms with Crippen molar-refractivity contribution in [2.24, 2.45) is 0 Å². The van der Waals surface area contributed by atoms with Crippen molar-refractivity contribution in [2.45, 2.75) is 12.5 Å². The summed E-state index contributed by atoms with van der Waals surface area (Å²) in [4.78, 5) is 4.93. The topological polar surface area (TPSA) is 40.3 Å². The molecule has 3 rings (SSSR count). The molecule has 1 atom stereocenters. The lowest BCUT2D eigenvalue weighted by atomic mass is 10.0. The van der Waals surface area contributed by atoms with Crippen LogP contribution in [0, 0.1) is 0 Å². The van der Waals surface area contributed by atoms with E-state index in [1.54, 1.807) is 13.3 Å². The van der Waals surface area contributed by atoms with Gasteiger partial charge in [-0.15, -0.1) is 24.8 Å². The predicted octanol–water partition coefficient (Wildman–Crippen LogP) is 3.23. The number of halogens is 4. The third-order valence-corrected chi connectivity index (χ3v) is 4.02. The molecule has 1 aromatic heterocycles. The fraction of sp³-hybridized carbons (Fsp3) is 0.467. The Labute approximate surface area is 146 Å². The minimum absolute atomic E-state index is 0. The molecule has 1 fully saturated rings. The number of ether oxygens (including phenoxy) is 1. The van der Waals surface area contributed by atoms with Gasteiger partial charge in [-0.25, -0.2) is 8.78 Å². The number of H-pyrrole nitrogens is 1. The van der Waals surface area contributed by atoms with Gasteiger partial charge < -0.3 is 15.0 Å². The second-order valence-electron chi connectivity index (χ2n) is 5.22. The summed E-state index contributed by atoms with van der Waals surface area (Å²) in [6.45, 7) is 2.75. The molecule has 0 amide bonds. The summed E-state index contributed by atoms with van der Waals surface area (Å²) >= 11 is 0. The van der Waals surface area contributed by atoms with Gasteiger partial charge in [-0.1, -0.05) is 0 Å². The van der Waals surface area contributed by atoms with Gasteiger partial charge in [0.2, 0.25) is 0 Å². The highest BCUT2D eigenvalue weighted by atomic mass is 35.5. The molecule has 1 saturated heterocycles. The van der Waals surface area contributed by atoms with E-state index in [9.17, 15) is 8.78 Å². The van der Waals surface area contributed by atoms with Crippen molar-refractivity contribution in [3.8, 4) is 5.75 Å². The van der Waals surface area contributed by atoms with Crippen LogP contribution in [0.1, 0.15) is 11.6 Å². The van der Waals surface area contributed by atoms with Gasteiger partial charge in [-0.05, 0) is 18.2 Å². The van der Waals surface area contributed by atoms with Gasteiger partial charge in [-0.2, -0.15) is 0 Å². The van der Waals surface area contributed by atoms with Crippen LogP contribution >= 0.6 is 24.8 Å². The molecule has 2 aromatic rings.